The van der Waals surface area contributed by atoms with Crippen molar-refractivity contribution in [3.63, 3.8) is 0 Å². The Labute approximate surface area is 121 Å². The molecule has 0 amide bonds. The van der Waals surface area contributed by atoms with Crippen molar-refractivity contribution in [2.45, 2.75) is 6.42 Å². The molecule has 5 nitrogen and oxygen atoms in total. The van der Waals surface area contributed by atoms with Crippen molar-refractivity contribution in [2.24, 2.45) is 27.2 Å². The lowest BCUT2D eigenvalue weighted by atomic mass is 10.1. The van der Waals surface area contributed by atoms with Crippen LogP contribution in [0.3, 0.4) is 0 Å². The maximum atomic E-state index is 6.00. The van der Waals surface area contributed by atoms with Gasteiger partial charge in [-0.05, 0) is 24.1 Å². The number of rotatable bonds is 3. The summed E-state index contributed by atoms with van der Waals surface area (Å²) in [7, 11) is 0. The van der Waals surface area contributed by atoms with Gasteiger partial charge in [0.1, 0.15) is 0 Å². The number of nitrogens with two attached hydrogens (primary N) is 3. The van der Waals surface area contributed by atoms with Gasteiger partial charge in [0, 0.05) is 16.6 Å². The Kier molecular flexibility index (Phi) is 7.50. The first-order chi connectivity index (χ1) is 8.00. The molecule has 0 aliphatic rings. The molecule has 0 aliphatic carbocycles. The third-order valence-corrected chi connectivity index (χ3v) is 2.65. The molecule has 0 aromatic heterocycles. The third kappa shape index (κ3) is 5.44. The molecule has 0 atom stereocenters. The summed E-state index contributed by atoms with van der Waals surface area (Å²) in [4.78, 5) is 7.56. The van der Waals surface area contributed by atoms with Gasteiger partial charge in [-0.15, -0.1) is 12.4 Å². The topological polar surface area (TPSA) is 103 Å². The number of benzene rings is 1. The van der Waals surface area contributed by atoms with Crippen LogP contribution >= 0.6 is 35.6 Å². The maximum Gasteiger partial charge on any atom is 0.218 e. The zero-order valence-electron chi connectivity index (χ0n) is 9.44. The molecule has 6 N–H and O–H groups in total. The lowest BCUT2D eigenvalue weighted by Crippen LogP contribution is -2.26. The quantitative estimate of drug-likeness (QED) is 0.583. The highest BCUT2D eigenvalue weighted by Gasteiger charge is 2.04. The normalized spacial score (nSPS) is 10.7. The monoisotopic (exact) mass is 309 g/mol. The Hall–Kier alpha value is -1.17. The van der Waals surface area contributed by atoms with Crippen molar-refractivity contribution >= 4 is 47.5 Å². The zero-order valence-corrected chi connectivity index (χ0v) is 11.8. The van der Waals surface area contributed by atoms with Gasteiger partial charge in [0.25, 0.3) is 0 Å². The van der Waals surface area contributed by atoms with Crippen LogP contribution in [0.2, 0.25) is 10.0 Å². The largest absolute Gasteiger partial charge is 0.370 e. The Morgan fingerprint density at radius 3 is 2.17 bits per heavy atom. The number of halogens is 3. The lowest BCUT2D eigenvalue weighted by molar-refractivity contribution is 0.962. The fourth-order valence-electron chi connectivity index (χ4n) is 1.22. The van der Waals surface area contributed by atoms with Crippen LogP contribution < -0.4 is 17.2 Å². The predicted octanol–water partition coefficient (Wildman–Crippen LogP) is 1.55. The van der Waals surface area contributed by atoms with Crippen LogP contribution in [0.4, 0.5) is 0 Å². The van der Waals surface area contributed by atoms with Gasteiger partial charge in [0.05, 0.1) is 0 Å². The highest BCUT2D eigenvalue weighted by atomic mass is 35.5. The lowest BCUT2D eigenvalue weighted by Gasteiger charge is -2.04. The molecule has 1 aromatic carbocycles. The van der Waals surface area contributed by atoms with Crippen LogP contribution in [0.5, 0.6) is 0 Å². The smallest absolute Gasteiger partial charge is 0.218 e. The van der Waals surface area contributed by atoms with Gasteiger partial charge in [-0.25, -0.2) is 0 Å². The minimum Gasteiger partial charge on any atom is -0.370 e. The van der Waals surface area contributed by atoms with Crippen molar-refractivity contribution in [1.82, 2.24) is 0 Å². The van der Waals surface area contributed by atoms with Gasteiger partial charge >= 0.3 is 0 Å². The van der Waals surface area contributed by atoms with Crippen molar-refractivity contribution in [2.75, 3.05) is 6.54 Å². The maximum absolute atomic E-state index is 6.00. The van der Waals surface area contributed by atoms with E-state index in [0.29, 0.717) is 23.0 Å². The van der Waals surface area contributed by atoms with Gasteiger partial charge in [-0.1, -0.05) is 29.3 Å². The molecule has 0 unspecified atom stereocenters. The fraction of sp³-hybridized carbons (Fsp3) is 0.200. The van der Waals surface area contributed by atoms with E-state index >= 15 is 0 Å². The average Bonchev–Trinajstić information content (AvgIpc) is 2.21. The number of nitrogens with zero attached hydrogens (tertiary/aromatic N) is 2. The van der Waals surface area contributed by atoms with Gasteiger partial charge in [0.15, 0.2) is 5.96 Å². The van der Waals surface area contributed by atoms with E-state index in [4.69, 9.17) is 40.4 Å². The standard InChI is InChI=1S/C10H13Cl2N5.ClH/c11-7-2-1-3-8(12)6(7)4-5-16-10(15)17-9(13)14;/h1-3H,4-5H2,(H6,13,14,15,16,17);1H. The third-order valence-electron chi connectivity index (χ3n) is 1.94. The van der Waals surface area contributed by atoms with Crippen LogP contribution in [0.25, 0.3) is 0 Å². The first-order valence-electron chi connectivity index (χ1n) is 4.83. The van der Waals surface area contributed by atoms with Crippen molar-refractivity contribution in [3.8, 4) is 0 Å². The molecule has 1 rings (SSSR count). The minimum absolute atomic E-state index is 0. The number of aliphatic imine (C=N–C) groups is 2. The van der Waals surface area contributed by atoms with Crippen LogP contribution in [-0.4, -0.2) is 18.5 Å². The highest BCUT2D eigenvalue weighted by Crippen LogP contribution is 2.24. The van der Waals surface area contributed by atoms with E-state index in [1.807, 2.05) is 0 Å². The Morgan fingerprint density at radius 1 is 1.11 bits per heavy atom. The summed E-state index contributed by atoms with van der Waals surface area (Å²) in [6.07, 6.45) is 0.569. The minimum atomic E-state index is -0.123. The van der Waals surface area contributed by atoms with Crippen LogP contribution in [-0.2, 0) is 6.42 Å². The highest BCUT2D eigenvalue weighted by molar-refractivity contribution is 6.35. The van der Waals surface area contributed by atoms with Gasteiger partial charge < -0.3 is 17.2 Å². The van der Waals surface area contributed by atoms with E-state index in [0.717, 1.165) is 5.56 Å². The van der Waals surface area contributed by atoms with Gasteiger partial charge in [0.2, 0.25) is 5.96 Å². The van der Waals surface area contributed by atoms with E-state index in [1.165, 1.54) is 0 Å². The molecular formula is C10H14Cl3N5. The summed E-state index contributed by atoms with van der Waals surface area (Å²) < 4.78 is 0. The van der Waals surface area contributed by atoms with Gasteiger partial charge in [-0.2, -0.15) is 4.99 Å². The molecule has 0 fully saturated rings. The Morgan fingerprint density at radius 2 is 1.67 bits per heavy atom. The van der Waals surface area contributed by atoms with Crippen LogP contribution in [0.15, 0.2) is 28.2 Å². The summed E-state index contributed by atoms with van der Waals surface area (Å²) in [6, 6.07) is 5.32. The van der Waals surface area contributed by atoms with Gasteiger partial charge in [-0.3, -0.25) is 4.99 Å². The molecule has 0 spiro atoms. The Balaban J connectivity index is 0.00000289. The molecule has 100 valence electrons. The molecule has 18 heavy (non-hydrogen) atoms. The van der Waals surface area contributed by atoms with E-state index in [2.05, 4.69) is 9.98 Å². The molecule has 0 heterocycles. The van der Waals surface area contributed by atoms with Crippen LogP contribution in [0, 0.1) is 0 Å². The molecule has 0 bridgehead atoms. The second-order valence-electron chi connectivity index (χ2n) is 3.23. The second-order valence-corrected chi connectivity index (χ2v) is 4.04. The molecule has 1 aromatic rings. The van der Waals surface area contributed by atoms with Crippen molar-refractivity contribution in [1.29, 1.82) is 0 Å². The number of guanidine groups is 2. The first-order valence-corrected chi connectivity index (χ1v) is 5.58. The van der Waals surface area contributed by atoms with E-state index in [9.17, 15) is 0 Å². The summed E-state index contributed by atoms with van der Waals surface area (Å²) in [5.74, 6) is -0.0878. The second kappa shape index (κ2) is 8.02. The van der Waals surface area contributed by atoms with E-state index in [-0.39, 0.29) is 24.3 Å². The zero-order chi connectivity index (χ0) is 12.8. The molecule has 0 radical (unpaired) electrons. The van der Waals surface area contributed by atoms with E-state index in [1.54, 1.807) is 18.2 Å². The molecule has 0 saturated heterocycles. The number of hydrogen-bond donors (Lipinski definition) is 3. The number of hydrogen-bond acceptors (Lipinski definition) is 1. The molecule has 0 aliphatic heterocycles. The Bertz CT molecular complexity index is 435. The summed E-state index contributed by atoms with van der Waals surface area (Å²) >= 11 is 12.0. The van der Waals surface area contributed by atoms with E-state index < -0.39 is 0 Å². The summed E-state index contributed by atoms with van der Waals surface area (Å²) in [6.45, 7) is 0.409. The first kappa shape index (κ1) is 16.8. The molecule has 0 saturated carbocycles. The van der Waals surface area contributed by atoms with Crippen LogP contribution in [0.1, 0.15) is 5.56 Å². The summed E-state index contributed by atoms with van der Waals surface area (Å²) in [5, 5.41) is 1.21. The molecule has 8 heteroatoms. The van der Waals surface area contributed by atoms with Crippen molar-refractivity contribution in [3.05, 3.63) is 33.8 Å². The molecular weight excluding hydrogens is 297 g/mol. The summed E-state index contributed by atoms with van der Waals surface area (Å²) in [5.41, 5.74) is 16.6. The van der Waals surface area contributed by atoms with Crippen molar-refractivity contribution < 1.29 is 0 Å². The average molecular weight is 311 g/mol. The predicted molar refractivity (Wildman–Crippen MR) is 79.7 cm³/mol. The SMILES string of the molecule is Cl.NC(N)=NC(N)=NCCc1c(Cl)cccc1Cl. The fourth-order valence-corrected chi connectivity index (χ4v) is 1.81.